The molecule has 0 spiro atoms. The molecular formula is C76H134O6. The number of hydrogen-bond acceptors (Lipinski definition) is 6. The van der Waals surface area contributed by atoms with E-state index in [4.69, 9.17) is 14.2 Å². The third-order valence-corrected chi connectivity index (χ3v) is 15.7. The van der Waals surface area contributed by atoms with Crippen LogP contribution in [0.4, 0.5) is 0 Å². The van der Waals surface area contributed by atoms with Gasteiger partial charge in [0, 0.05) is 19.3 Å². The molecule has 0 heterocycles. The number of ether oxygens (including phenoxy) is 3. The molecule has 0 bridgehead atoms. The van der Waals surface area contributed by atoms with Crippen LogP contribution in [0.25, 0.3) is 0 Å². The van der Waals surface area contributed by atoms with E-state index in [9.17, 15) is 14.4 Å². The molecule has 474 valence electrons. The highest BCUT2D eigenvalue weighted by molar-refractivity contribution is 5.71. The molecule has 0 rings (SSSR count). The van der Waals surface area contributed by atoms with Crippen molar-refractivity contribution >= 4 is 17.9 Å². The first-order chi connectivity index (χ1) is 40.5. The van der Waals surface area contributed by atoms with Crippen molar-refractivity contribution in [2.75, 3.05) is 13.2 Å². The molecule has 0 radical (unpaired) electrons. The van der Waals surface area contributed by atoms with Gasteiger partial charge in [-0.05, 0) is 70.6 Å². The lowest BCUT2D eigenvalue weighted by molar-refractivity contribution is -0.167. The van der Waals surface area contributed by atoms with Crippen LogP contribution in [-0.2, 0) is 28.6 Å². The zero-order chi connectivity index (χ0) is 59.2. The Morgan fingerprint density at radius 3 is 0.744 bits per heavy atom. The van der Waals surface area contributed by atoms with Gasteiger partial charge in [0.25, 0.3) is 0 Å². The first kappa shape index (κ1) is 78.6. The van der Waals surface area contributed by atoms with E-state index in [1.54, 1.807) is 0 Å². The standard InChI is InChI=1S/C76H134O6/c1-4-7-10-13-16-19-22-25-28-31-34-37-38-40-42-45-48-51-54-57-60-63-66-69-75(78)81-72-73(71-80-74(77)68-65-62-59-56-53-50-47-44-41-36-33-30-27-24-21-18-15-12-9-6-3)82-76(79)70-67-64-61-58-55-52-49-46-43-39-35-32-29-26-23-20-17-14-11-8-5-2/h7,10,16,19,25,28,34,37,40,42,48,51,57,60,73H,4-6,8-9,11-15,17-18,20-24,26-27,29-33,35-36,38-39,41,43-47,49-50,52-56,58-59,61-72H2,1-3H3/b10-7-,19-16-,28-25-,37-34-,42-40-,51-48-,60-57-. The quantitative estimate of drug-likeness (QED) is 0.0261. The van der Waals surface area contributed by atoms with Crippen molar-refractivity contribution in [3.63, 3.8) is 0 Å². The largest absolute Gasteiger partial charge is 0.462 e. The summed E-state index contributed by atoms with van der Waals surface area (Å²) >= 11 is 0. The van der Waals surface area contributed by atoms with Crippen LogP contribution < -0.4 is 0 Å². The fraction of sp³-hybridized carbons (Fsp3) is 0.776. The molecule has 0 N–H and O–H groups in total. The molecule has 0 aromatic heterocycles. The van der Waals surface area contributed by atoms with Crippen molar-refractivity contribution < 1.29 is 28.6 Å². The van der Waals surface area contributed by atoms with Gasteiger partial charge in [0.2, 0.25) is 0 Å². The van der Waals surface area contributed by atoms with Gasteiger partial charge in [-0.3, -0.25) is 14.4 Å². The van der Waals surface area contributed by atoms with E-state index in [2.05, 4.69) is 106 Å². The fourth-order valence-corrected chi connectivity index (χ4v) is 10.4. The van der Waals surface area contributed by atoms with E-state index in [1.165, 1.54) is 225 Å². The molecule has 6 nitrogen and oxygen atoms in total. The molecule has 0 aliphatic heterocycles. The molecule has 0 aliphatic carbocycles. The minimum atomic E-state index is -0.800. The predicted molar refractivity (Wildman–Crippen MR) is 358 cm³/mol. The van der Waals surface area contributed by atoms with Crippen LogP contribution in [0.3, 0.4) is 0 Å². The van der Waals surface area contributed by atoms with Gasteiger partial charge in [0.15, 0.2) is 6.10 Å². The Labute approximate surface area is 509 Å². The van der Waals surface area contributed by atoms with Gasteiger partial charge in [0.05, 0.1) is 0 Å². The molecular weight excluding hydrogens is 1010 g/mol. The normalized spacial score (nSPS) is 12.6. The average Bonchev–Trinajstić information content (AvgIpc) is 3.47. The molecule has 1 unspecified atom stereocenters. The van der Waals surface area contributed by atoms with Gasteiger partial charge in [-0.1, -0.05) is 356 Å². The average molecular weight is 1140 g/mol. The Morgan fingerprint density at radius 1 is 0.256 bits per heavy atom. The first-order valence-electron chi connectivity index (χ1n) is 35.6. The maximum Gasteiger partial charge on any atom is 0.306 e. The van der Waals surface area contributed by atoms with Gasteiger partial charge in [-0.25, -0.2) is 0 Å². The van der Waals surface area contributed by atoms with Crippen LogP contribution in [-0.4, -0.2) is 37.2 Å². The van der Waals surface area contributed by atoms with E-state index in [0.29, 0.717) is 19.3 Å². The third-order valence-electron chi connectivity index (χ3n) is 15.7. The maximum absolute atomic E-state index is 13.0. The summed E-state index contributed by atoms with van der Waals surface area (Å²) in [5, 5.41) is 0. The second-order valence-electron chi connectivity index (χ2n) is 23.8. The van der Waals surface area contributed by atoms with E-state index >= 15 is 0 Å². The Morgan fingerprint density at radius 2 is 0.476 bits per heavy atom. The van der Waals surface area contributed by atoms with Crippen molar-refractivity contribution in [3.8, 4) is 0 Å². The number of esters is 3. The number of carbonyl (C=O) groups is 3. The third kappa shape index (κ3) is 67.4. The number of carbonyl (C=O) groups excluding carboxylic acids is 3. The van der Waals surface area contributed by atoms with E-state index in [-0.39, 0.29) is 37.5 Å². The maximum atomic E-state index is 13.0. The Hall–Kier alpha value is -3.41. The lowest BCUT2D eigenvalue weighted by Crippen LogP contribution is -2.30. The lowest BCUT2D eigenvalue weighted by Gasteiger charge is -2.18. The first-order valence-corrected chi connectivity index (χ1v) is 35.6. The molecule has 0 fully saturated rings. The van der Waals surface area contributed by atoms with Crippen molar-refractivity contribution in [2.45, 2.75) is 367 Å². The Kier molecular flexibility index (Phi) is 67.2. The molecule has 82 heavy (non-hydrogen) atoms. The summed E-state index contributed by atoms with van der Waals surface area (Å²) in [4.78, 5) is 38.5. The number of unbranched alkanes of at least 4 members (excludes halogenated alkanes) is 40. The molecule has 6 heteroatoms. The summed E-state index contributed by atoms with van der Waals surface area (Å²) in [5.74, 6) is -0.928. The number of allylic oxidation sites excluding steroid dienone is 14. The van der Waals surface area contributed by atoms with Crippen LogP contribution in [0.2, 0.25) is 0 Å². The molecule has 1 atom stereocenters. The second-order valence-corrected chi connectivity index (χ2v) is 23.8. The highest BCUT2D eigenvalue weighted by atomic mass is 16.6. The van der Waals surface area contributed by atoms with Crippen molar-refractivity contribution in [2.24, 2.45) is 0 Å². The molecule has 0 saturated heterocycles. The van der Waals surface area contributed by atoms with Crippen molar-refractivity contribution in [3.05, 3.63) is 85.1 Å². The summed E-state index contributed by atoms with van der Waals surface area (Å²) in [6.45, 7) is 6.55. The van der Waals surface area contributed by atoms with Gasteiger partial charge in [-0.15, -0.1) is 0 Å². The molecule has 0 aliphatic rings. The molecule has 0 aromatic rings. The SMILES string of the molecule is CC/C=C\C/C=C\C/C=C\C/C=C\C/C=C\C/C=C\C/C=C\CCCC(=O)OCC(COC(=O)CCCCCCCCCCCCCCCCCCCCCC)OC(=O)CCCCCCCCCCCCCCCCCCCCCCC. The molecule has 0 aromatic carbocycles. The van der Waals surface area contributed by atoms with Crippen LogP contribution in [0.15, 0.2) is 85.1 Å². The topological polar surface area (TPSA) is 78.9 Å². The lowest BCUT2D eigenvalue weighted by atomic mass is 10.0. The number of hydrogen-bond donors (Lipinski definition) is 0. The van der Waals surface area contributed by atoms with E-state index < -0.39 is 6.10 Å². The fourth-order valence-electron chi connectivity index (χ4n) is 10.4. The minimum Gasteiger partial charge on any atom is -0.462 e. The zero-order valence-corrected chi connectivity index (χ0v) is 54.5. The van der Waals surface area contributed by atoms with Gasteiger partial charge in [0.1, 0.15) is 13.2 Å². The Balaban J connectivity index is 4.43. The van der Waals surface area contributed by atoms with Crippen molar-refractivity contribution in [1.29, 1.82) is 0 Å². The predicted octanol–water partition coefficient (Wildman–Crippen LogP) is 24.6. The zero-order valence-electron chi connectivity index (χ0n) is 54.5. The van der Waals surface area contributed by atoms with E-state index in [1.807, 2.05) is 0 Å². The molecule has 0 saturated carbocycles. The van der Waals surface area contributed by atoms with E-state index in [0.717, 1.165) is 89.9 Å². The monoisotopic (exact) mass is 1140 g/mol. The van der Waals surface area contributed by atoms with Crippen LogP contribution in [0.5, 0.6) is 0 Å². The highest BCUT2D eigenvalue weighted by Crippen LogP contribution is 2.18. The summed E-state index contributed by atoms with van der Waals surface area (Å²) < 4.78 is 17.0. The van der Waals surface area contributed by atoms with Gasteiger partial charge in [-0.2, -0.15) is 0 Å². The molecule has 0 amide bonds. The summed E-state index contributed by atoms with van der Waals surface area (Å²) in [5.41, 5.74) is 0. The summed E-state index contributed by atoms with van der Waals surface area (Å²) in [6, 6.07) is 0. The summed E-state index contributed by atoms with van der Waals surface area (Å²) in [6.07, 6.45) is 93.3. The highest BCUT2D eigenvalue weighted by Gasteiger charge is 2.19. The van der Waals surface area contributed by atoms with Gasteiger partial charge < -0.3 is 14.2 Å². The van der Waals surface area contributed by atoms with Crippen molar-refractivity contribution in [1.82, 2.24) is 0 Å². The number of rotatable bonds is 65. The van der Waals surface area contributed by atoms with Crippen LogP contribution >= 0.6 is 0 Å². The summed E-state index contributed by atoms with van der Waals surface area (Å²) in [7, 11) is 0. The Bertz CT molecular complexity index is 1550. The minimum absolute atomic E-state index is 0.0896. The van der Waals surface area contributed by atoms with Crippen LogP contribution in [0, 0.1) is 0 Å². The van der Waals surface area contributed by atoms with Crippen LogP contribution in [0.1, 0.15) is 361 Å². The smallest absolute Gasteiger partial charge is 0.306 e. The van der Waals surface area contributed by atoms with Gasteiger partial charge >= 0.3 is 17.9 Å². The second kappa shape index (κ2) is 70.1.